The van der Waals surface area contributed by atoms with Gasteiger partial charge in [0.2, 0.25) is 5.91 Å². The van der Waals surface area contributed by atoms with E-state index in [9.17, 15) is 4.79 Å². The van der Waals surface area contributed by atoms with Crippen molar-refractivity contribution < 1.29 is 4.79 Å². The number of rotatable bonds is 3. The summed E-state index contributed by atoms with van der Waals surface area (Å²) in [6.07, 6.45) is 3.13. The number of carbonyl (C=O) groups is 1. The van der Waals surface area contributed by atoms with Crippen LogP contribution in [0.4, 0.5) is 5.69 Å². The number of nitriles is 1. The Bertz CT molecular complexity index is 872. The minimum Gasteiger partial charge on any atom is -0.322 e. The van der Waals surface area contributed by atoms with E-state index in [0.29, 0.717) is 11.3 Å². The van der Waals surface area contributed by atoms with Crippen LogP contribution in [-0.2, 0) is 4.79 Å². The van der Waals surface area contributed by atoms with Crippen molar-refractivity contribution in [2.75, 3.05) is 5.32 Å². The van der Waals surface area contributed by atoms with Crippen molar-refractivity contribution in [2.24, 2.45) is 0 Å². The molecule has 3 aromatic rings. The molecule has 106 valence electrons. The number of aromatic nitrogens is 1. The highest BCUT2D eigenvalue weighted by Crippen LogP contribution is 2.22. The molecule has 0 fully saturated rings. The molecule has 0 aliphatic rings. The first kappa shape index (κ1) is 14.0. The van der Waals surface area contributed by atoms with Crippen molar-refractivity contribution in [3.8, 4) is 6.07 Å². The van der Waals surface area contributed by atoms with Crippen molar-refractivity contribution in [3.05, 3.63) is 65.2 Å². The zero-order valence-corrected chi connectivity index (χ0v) is 12.3. The molecule has 0 bridgehead atoms. The molecule has 22 heavy (non-hydrogen) atoms. The summed E-state index contributed by atoms with van der Waals surface area (Å²) in [6.45, 7) is 0. The second kappa shape index (κ2) is 6.20. The number of nitrogens with zero attached hydrogens (tertiary/aromatic N) is 2. The minimum absolute atomic E-state index is 0.255. The number of anilines is 1. The van der Waals surface area contributed by atoms with Crippen LogP contribution in [0.1, 0.15) is 10.6 Å². The van der Waals surface area contributed by atoms with Crippen molar-refractivity contribution in [2.45, 2.75) is 0 Å². The highest BCUT2D eigenvalue weighted by Gasteiger charge is 2.02. The first-order chi connectivity index (χ1) is 10.7. The van der Waals surface area contributed by atoms with Crippen LogP contribution in [0.3, 0.4) is 0 Å². The standard InChI is InChI=1S/C17H11N3OS/c18-11-12-4-3-5-13(10-12)19-16(21)8-9-17-20-14-6-1-2-7-15(14)22-17/h1-10H,(H,19,21)/b9-8+. The average molecular weight is 305 g/mol. The SMILES string of the molecule is N#Cc1cccc(NC(=O)/C=C/c2nc3ccccc3s2)c1. The Morgan fingerprint density at radius 1 is 1.23 bits per heavy atom. The average Bonchev–Trinajstić information content (AvgIpc) is 2.96. The van der Waals surface area contributed by atoms with Gasteiger partial charge in [0, 0.05) is 11.8 Å². The largest absolute Gasteiger partial charge is 0.322 e. The van der Waals surface area contributed by atoms with Crippen LogP contribution in [0.5, 0.6) is 0 Å². The Morgan fingerprint density at radius 2 is 2.09 bits per heavy atom. The lowest BCUT2D eigenvalue weighted by molar-refractivity contribution is -0.111. The molecule has 1 aromatic heterocycles. The molecule has 0 unspecified atom stereocenters. The summed E-state index contributed by atoms with van der Waals surface area (Å²) >= 11 is 1.53. The van der Waals surface area contributed by atoms with Gasteiger partial charge < -0.3 is 5.32 Å². The van der Waals surface area contributed by atoms with Crippen LogP contribution < -0.4 is 5.32 Å². The third-order valence-electron chi connectivity index (χ3n) is 2.95. The maximum absolute atomic E-state index is 11.9. The summed E-state index contributed by atoms with van der Waals surface area (Å²) in [5.74, 6) is -0.255. The predicted molar refractivity (Wildman–Crippen MR) is 88.4 cm³/mol. The predicted octanol–water partition coefficient (Wildman–Crippen LogP) is 3.82. The Morgan fingerprint density at radius 3 is 2.91 bits per heavy atom. The molecular formula is C17H11N3OS. The zero-order valence-electron chi connectivity index (χ0n) is 11.5. The molecule has 3 rings (SSSR count). The maximum atomic E-state index is 11.9. The molecule has 0 atom stereocenters. The van der Waals surface area contributed by atoms with Crippen molar-refractivity contribution in [1.29, 1.82) is 5.26 Å². The molecule has 1 heterocycles. The van der Waals surface area contributed by atoms with E-state index >= 15 is 0 Å². The smallest absolute Gasteiger partial charge is 0.248 e. The van der Waals surface area contributed by atoms with Gasteiger partial charge in [0.05, 0.1) is 21.8 Å². The lowest BCUT2D eigenvalue weighted by Crippen LogP contribution is -2.07. The molecule has 0 aliphatic carbocycles. The lowest BCUT2D eigenvalue weighted by Gasteiger charge is -2.01. The van der Waals surface area contributed by atoms with E-state index in [0.717, 1.165) is 15.2 Å². The molecule has 0 aliphatic heterocycles. The zero-order chi connectivity index (χ0) is 15.4. The van der Waals surface area contributed by atoms with Crippen molar-refractivity contribution in [3.63, 3.8) is 0 Å². The number of carbonyl (C=O) groups excluding carboxylic acids is 1. The third kappa shape index (κ3) is 3.19. The number of hydrogen-bond acceptors (Lipinski definition) is 4. The summed E-state index contributed by atoms with van der Waals surface area (Å²) < 4.78 is 1.09. The number of para-hydroxylation sites is 1. The number of hydrogen-bond donors (Lipinski definition) is 1. The van der Waals surface area contributed by atoms with Gasteiger partial charge in [0.1, 0.15) is 5.01 Å². The first-order valence-corrected chi connectivity index (χ1v) is 7.41. The number of benzene rings is 2. The van der Waals surface area contributed by atoms with Gasteiger partial charge in [0.25, 0.3) is 0 Å². The van der Waals surface area contributed by atoms with E-state index < -0.39 is 0 Å². The fourth-order valence-corrected chi connectivity index (χ4v) is 2.83. The normalized spacial score (nSPS) is 10.7. The monoisotopic (exact) mass is 305 g/mol. The molecule has 0 saturated heterocycles. The lowest BCUT2D eigenvalue weighted by atomic mass is 10.2. The minimum atomic E-state index is -0.255. The van der Waals surface area contributed by atoms with Gasteiger partial charge in [0.15, 0.2) is 0 Å². The van der Waals surface area contributed by atoms with Crippen LogP contribution in [0, 0.1) is 11.3 Å². The van der Waals surface area contributed by atoms with Gasteiger partial charge in [-0.2, -0.15) is 5.26 Å². The summed E-state index contributed by atoms with van der Waals surface area (Å²) in [5, 5.41) is 12.3. The third-order valence-corrected chi connectivity index (χ3v) is 3.95. The van der Waals surface area contributed by atoms with Gasteiger partial charge in [-0.1, -0.05) is 18.2 Å². The highest BCUT2D eigenvalue weighted by molar-refractivity contribution is 7.19. The van der Waals surface area contributed by atoms with E-state index in [1.165, 1.54) is 17.4 Å². The highest BCUT2D eigenvalue weighted by atomic mass is 32.1. The number of amides is 1. The quantitative estimate of drug-likeness (QED) is 0.748. The Kier molecular flexibility index (Phi) is 3.95. The second-order valence-electron chi connectivity index (χ2n) is 4.54. The molecule has 0 saturated carbocycles. The summed E-state index contributed by atoms with van der Waals surface area (Å²) in [6, 6.07) is 16.7. The molecular weight excluding hydrogens is 294 g/mol. The summed E-state index contributed by atoms with van der Waals surface area (Å²) in [5.41, 5.74) is 2.03. The Labute approximate surface area is 131 Å². The van der Waals surface area contributed by atoms with Gasteiger partial charge in [-0.3, -0.25) is 4.79 Å². The maximum Gasteiger partial charge on any atom is 0.248 e. The van der Waals surface area contributed by atoms with E-state index in [1.807, 2.05) is 30.3 Å². The van der Waals surface area contributed by atoms with Crippen LogP contribution in [-0.4, -0.2) is 10.9 Å². The van der Waals surface area contributed by atoms with Crippen LogP contribution in [0.2, 0.25) is 0 Å². The molecule has 5 heteroatoms. The van der Waals surface area contributed by atoms with Crippen LogP contribution in [0.15, 0.2) is 54.6 Å². The summed E-state index contributed by atoms with van der Waals surface area (Å²) in [4.78, 5) is 16.3. The van der Waals surface area contributed by atoms with Crippen molar-refractivity contribution >= 4 is 39.2 Å². The van der Waals surface area contributed by atoms with Gasteiger partial charge in [-0.15, -0.1) is 11.3 Å². The van der Waals surface area contributed by atoms with Crippen LogP contribution in [0.25, 0.3) is 16.3 Å². The van der Waals surface area contributed by atoms with Crippen molar-refractivity contribution in [1.82, 2.24) is 4.98 Å². The topological polar surface area (TPSA) is 65.8 Å². The van der Waals surface area contributed by atoms with E-state index in [-0.39, 0.29) is 5.91 Å². The van der Waals surface area contributed by atoms with E-state index in [2.05, 4.69) is 10.3 Å². The second-order valence-corrected chi connectivity index (χ2v) is 5.60. The van der Waals surface area contributed by atoms with Crippen LogP contribution >= 0.6 is 11.3 Å². The molecule has 1 amide bonds. The van der Waals surface area contributed by atoms with Gasteiger partial charge in [-0.05, 0) is 36.4 Å². The molecule has 0 spiro atoms. The fourth-order valence-electron chi connectivity index (χ4n) is 1.96. The molecule has 2 aromatic carbocycles. The Balaban J connectivity index is 1.71. The first-order valence-electron chi connectivity index (χ1n) is 6.59. The van der Waals surface area contributed by atoms with E-state index in [1.54, 1.807) is 30.3 Å². The summed E-state index contributed by atoms with van der Waals surface area (Å²) in [7, 11) is 0. The van der Waals surface area contributed by atoms with E-state index in [4.69, 9.17) is 5.26 Å². The molecule has 1 N–H and O–H groups in total. The Hall–Kier alpha value is -2.97. The fraction of sp³-hybridized carbons (Fsp3) is 0. The molecule has 4 nitrogen and oxygen atoms in total. The molecule has 0 radical (unpaired) electrons. The number of fused-ring (bicyclic) bond motifs is 1. The van der Waals surface area contributed by atoms with Gasteiger partial charge >= 0.3 is 0 Å². The van der Waals surface area contributed by atoms with Gasteiger partial charge in [-0.25, -0.2) is 4.98 Å². The number of thiazole rings is 1. The number of nitrogens with one attached hydrogen (secondary N) is 1.